The quantitative estimate of drug-likeness (QED) is 0.471. The van der Waals surface area contributed by atoms with E-state index in [-0.39, 0.29) is 11.8 Å². The van der Waals surface area contributed by atoms with Crippen LogP contribution in [0.5, 0.6) is 0 Å². The Morgan fingerprint density at radius 1 is 0.969 bits per heavy atom. The maximum absolute atomic E-state index is 12.7. The number of amides is 2. The van der Waals surface area contributed by atoms with Crippen molar-refractivity contribution in [1.82, 2.24) is 30.0 Å². The van der Waals surface area contributed by atoms with Gasteiger partial charge in [-0.3, -0.25) is 9.59 Å². The fourth-order valence-electron chi connectivity index (χ4n) is 3.42. The Balaban J connectivity index is 1.40. The van der Waals surface area contributed by atoms with Gasteiger partial charge in [0.25, 0.3) is 11.8 Å². The molecule has 0 aliphatic rings. The highest BCUT2D eigenvalue weighted by Gasteiger charge is 2.15. The van der Waals surface area contributed by atoms with E-state index in [1.165, 1.54) is 6.20 Å². The van der Waals surface area contributed by atoms with E-state index in [2.05, 4.69) is 25.6 Å². The largest absolute Gasteiger partial charge is 0.350 e. The zero-order valence-electron chi connectivity index (χ0n) is 18.0. The summed E-state index contributed by atoms with van der Waals surface area (Å²) in [6.07, 6.45) is 5.49. The van der Waals surface area contributed by atoms with Gasteiger partial charge in [0.15, 0.2) is 0 Å². The highest BCUT2D eigenvalue weighted by molar-refractivity contribution is 5.95. The summed E-state index contributed by atoms with van der Waals surface area (Å²) in [5.41, 5.74) is 4.10. The molecule has 0 spiro atoms. The van der Waals surface area contributed by atoms with E-state index in [1.807, 2.05) is 60.0 Å². The number of aryl methyl sites for hydroxylation is 2. The summed E-state index contributed by atoms with van der Waals surface area (Å²) in [4.78, 5) is 38.3. The van der Waals surface area contributed by atoms with E-state index in [0.29, 0.717) is 42.3 Å². The number of aromatic nitrogens is 4. The molecule has 2 N–H and O–H groups in total. The molecule has 0 atom stereocenters. The van der Waals surface area contributed by atoms with Crippen molar-refractivity contribution in [3.63, 3.8) is 0 Å². The molecule has 1 aromatic carbocycles. The highest BCUT2D eigenvalue weighted by atomic mass is 16.2. The molecule has 4 aromatic rings. The number of hydrogen-bond acceptors (Lipinski definition) is 5. The first kappa shape index (κ1) is 21.2. The number of hydrogen-bond donors (Lipinski definition) is 2. The minimum atomic E-state index is -0.269. The molecule has 2 amide bonds. The molecule has 0 aliphatic carbocycles. The second kappa shape index (κ2) is 9.38. The van der Waals surface area contributed by atoms with E-state index in [0.717, 1.165) is 16.8 Å². The third-order valence-electron chi connectivity index (χ3n) is 5.09. The summed E-state index contributed by atoms with van der Waals surface area (Å²) in [5.74, 6) is 0.0572. The predicted octanol–water partition coefficient (Wildman–Crippen LogP) is 2.64. The standard InChI is InChI=1S/C24H24N6O2/c1-16-7-6-12-30-15-21(29-22(16)30)24(32)25-11-10-20-19(14-26-17(2)28-20)23(31)27-13-18-8-4-3-5-9-18/h3-9,12,14-15H,10-11,13H2,1-2H3,(H,25,32)(H,27,31). The molecule has 8 nitrogen and oxygen atoms in total. The number of rotatable bonds is 7. The number of nitrogens with zero attached hydrogens (tertiary/aromatic N) is 4. The molecule has 0 unspecified atom stereocenters. The summed E-state index contributed by atoms with van der Waals surface area (Å²) in [6.45, 7) is 4.46. The Labute approximate surface area is 185 Å². The van der Waals surface area contributed by atoms with Crippen LogP contribution in [0.15, 0.2) is 61.1 Å². The van der Waals surface area contributed by atoms with E-state index in [4.69, 9.17) is 0 Å². The Hall–Kier alpha value is -4.07. The van der Waals surface area contributed by atoms with Crippen LogP contribution in [0.25, 0.3) is 5.65 Å². The molecular weight excluding hydrogens is 404 g/mol. The lowest BCUT2D eigenvalue weighted by Gasteiger charge is -2.10. The zero-order valence-corrected chi connectivity index (χ0v) is 18.0. The normalized spacial score (nSPS) is 10.8. The fraction of sp³-hybridized carbons (Fsp3) is 0.208. The van der Waals surface area contributed by atoms with Gasteiger partial charge in [0, 0.05) is 38.1 Å². The van der Waals surface area contributed by atoms with Crippen LogP contribution in [0.3, 0.4) is 0 Å². The van der Waals surface area contributed by atoms with Gasteiger partial charge >= 0.3 is 0 Å². The zero-order chi connectivity index (χ0) is 22.5. The van der Waals surface area contributed by atoms with Gasteiger partial charge in [-0.2, -0.15) is 0 Å². The fourth-order valence-corrected chi connectivity index (χ4v) is 3.42. The van der Waals surface area contributed by atoms with Gasteiger partial charge in [0.1, 0.15) is 17.2 Å². The lowest BCUT2D eigenvalue weighted by molar-refractivity contribution is 0.0945. The molecule has 0 bridgehead atoms. The lowest BCUT2D eigenvalue weighted by atomic mass is 10.1. The number of benzene rings is 1. The van der Waals surface area contributed by atoms with Gasteiger partial charge < -0.3 is 15.0 Å². The van der Waals surface area contributed by atoms with Crippen LogP contribution in [0.1, 0.15) is 43.5 Å². The Morgan fingerprint density at radius 3 is 2.56 bits per heavy atom. The predicted molar refractivity (Wildman–Crippen MR) is 120 cm³/mol. The Bertz CT molecular complexity index is 1270. The van der Waals surface area contributed by atoms with Gasteiger partial charge in [0.05, 0.1) is 11.3 Å². The monoisotopic (exact) mass is 428 g/mol. The summed E-state index contributed by atoms with van der Waals surface area (Å²) in [6, 6.07) is 13.5. The number of fused-ring (bicyclic) bond motifs is 1. The van der Waals surface area contributed by atoms with Crippen LogP contribution in [0.2, 0.25) is 0 Å². The third-order valence-corrected chi connectivity index (χ3v) is 5.09. The molecule has 0 fully saturated rings. The van der Waals surface area contributed by atoms with Crippen molar-refractivity contribution in [3.8, 4) is 0 Å². The van der Waals surface area contributed by atoms with Crippen molar-refractivity contribution in [3.05, 3.63) is 95.0 Å². The first-order valence-electron chi connectivity index (χ1n) is 10.4. The van der Waals surface area contributed by atoms with Gasteiger partial charge in [-0.1, -0.05) is 36.4 Å². The van der Waals surface area contributed by atoms with E-state index in [1.54, 1.807) is 13.1 Å². The van der Waals surface area contributed by atoms with Crippen LogP contribution in [-0.4, -0.2) is 37.7 Å². The molecule has 32 heavy (non-hydrogen) atoms. The van der Waals surface area contributed by atoms with Gasteiger partial charge in [-0.15, -0.1) is 0 Å². The van der Waals surface area contributed by atoms with Gasteiger partial charge in [-0.25, -0.2) is 15.0 Å². The smallest absolute Gasteiger partial charge is 0.271 e. The van der Waals surface area contributed by atoms with Crippen molar-refractivity contribution in [1.29, 1.82) is 0 Å². The number of carbonyl (C=O) groups excluding carboxylic acids is 2. The van der Waals surface area contributed by atoms with Crippen molar-refractivity contribution in [2.75, 3.05) is 6.54 Å². The summed E-state index contributed by atoms with van der Waals surface area (Å²) in [5, 5.41) is 5.77. The second-order valence-corrected chi connectivity index (χ2v) is 7.50. The number of nitrogens with one attached hydrogen (secondary N) is 2. The minimum Gasteiger partial charge on any atom is -0.350 e. The molecule has 4 rings (SSSR count). The number of pyridine rings is 1. The van der Waals surface area contributed by atoms with Crippen LogP contribution in [-0.2, 0) is 13.0 Å². The average Bonchev–Trinajstić information content (AvgIpc) is 3.24. The number of imidazole rings is 1. The topological polar surface area (TPSA) is 101 Å². The van der Waals surface area contributed by atoms with E-state index < -0.39 is 0 Å². The van der Waals surface area contributed by atoms with E-state index in [9.17, 15) is 9.59 Å². The first-order chi connectivity index (χ1) is 15.5. The lowest BCUT2D eigenvalue weighted by Crippen LogP contribution is -2.28. The molecule has 3 heterocycles. The Kier molecular flexibility index (Phi) is 6.21. The third kappa shape index (κ3) is 4.80. The van der Waals surface area contributed by atoms with Gasteiger partial charge in [-0.05, 0) is 31.0 Å². The summed E-state index contributed by atoms with van der Waals surface area (Å²) < 4.78 is 1.83. The molecule has 3 aromatic heterocycles. The summed E-state index contributed by atoms with van der Waals surface area (Å²) in [7, 11) is 0. The molecular formula is C24H24N6O2. The van der Waals surface area contributed by atoms with Crippen molar-refractivity contribution >= 4 is 17.5 Å². The van der Waals surface area contributed by atoms with Crippen molar-refractivity contribution in [2.24, 2.45) is 0 Å². The van der Waals surface area contributed by atoms with E-state index >= 15 is 0 Å². The van der Waals surface area contributed by atoms with Crippen LogP contribution in [0.4, 0.5) is 0 Å². The second-order valence-electron chi connectivity index (χ2n) is 7.50. The highest BCUT2D eigenvalue weighted by Crippen LogP contribution is 2.11. The van der Waals surface area contributed by atoms with Crippen LogP contribution in [0, 0.1) is 13.8 Å². The van der Waals surface area contributed by atoms with Gasteiger partial charge in [0.2, 0.25) is 0 Å². The summed E-state index contributed by atoms with van der Waals surface area (Å²) >= 11 is 0. The number of carbonyl (C=O) groups is 2. The molecule has 0 radical (unpaired) electrons. The van der Waals surface area contributed by atoms with Crippen LogP contribution < -0.4 is 10.6 Å². The Morgan fingerprint density at radius 2 is 1.78 bits per heavy atom. The SMILES string of the molecule is Cc1ncc(C(=O)NCc2ccccc2)c(CCNC(=O)c2cn3cccc(C)c3n2)n1. The van der Waals surface area contributed by atoms with Crippen molar-refractivity contribution in [2.45, 2.75) is 26.8 Å². The van der Waals surface area contributed by atoms with Crippen LogP contribution >= 0.6 is 0 Å². The molecule has 0 aliphatic heterocycles. The van der Waals surface area contributed by atoms with Crippen molar-refractivity contribution < 1.29 is 9.59 Å². The molecule has 162 valence electrons. The molecule has 8 heteroatoms. The molecule has 0 saturated carbocycles. The molecule has 0 saturated heterocycles. The maximum atomic E-state index is 12.7. The average molecular weight is 428 g/mol. The first-order valence-corrected chi connectivity index (χ1v) is 10.4. The minimum absolute atomic E-state index is 0.244. The maximum Gasteiger partial charge on any atom is 0.271 e.